The van der Waals surface area contributed by atoms with E-state index in [2.05, 4.69) is 33.0 Å². The maximum atomic E-state index is 13.8. The third-order valence-electron chi connectivity index (χ3n) is 8.48. The topological polar surface area (TPSA) is 120 Å². The van der Waals surface area contributed by atoms with Crippen LogP contribution in [0.15, 0.2) is 30.5 Å². The number of amides is 3. The Bertz CT molecular complexity index is 1080. The number of aromatic nitrogens is 3. The van der Waals surface area contributed by atoms with Crippen molar-refractivity contribution in [3.63, 3.8) is 0 Å². The van der Waals surface area contributed by atoms with Gasteiger partial charge in [-0.05, 0) is 55.7 Å². The molecule has 0 radical (unpaired) electrons. The maximum absolute atomic E-state index is 13.8. The van der Waals surface area contributed by atoms with Crippen LogP contribution in [-0.2, 0) is 22.4 Å². The zero-order chi connectivity index (χ0) is 27.7. The highest BCUT2D eigenvalue weighted by Gasteiger charge is 2.47. The Morgan fingerprint density at radius 1 is 1.13 bits per heavy atom. The number of piperidine rings is 1. The quantitative estimate of drug-likeness (QED) is 0.377. The van der Waals surface area contributed by atoms with E-state index >= 15 is 0 Å². The molecule has 1 aromatic heterocycles. The number of ketones is 1. The van der Waals surface area contributed by atoms with E-state index in [1.807, 2.05) is 17.0 Å². The zero-order valence-corrected chi connectivity index (χ0v) is 23.6. The molecule has 39 heavy (non-hydrogen) atoms. The highest BCUT2D eigenvalue weighted by Crippen LogP contribution is 2.47. The predicted octanol–water partition coefficient (Wildman–Crippen LogP) is 4.47. The Kier molecular flexibility index (Phi) is 10.4. The molecule has 0 bridgehead atoms. The van der Waals surface area contributed by atoms with E-state index in [1.54, 1.807) is 18.3 Å². The average Bonchev–Trinajstić information content (AvgIpc) is 3.48. The maximum Gasteiger partial charge on any atom is 0.315 e. The van der Waals surface area contributed by atoms with Gasteiger partial charge in [-0.1, -0.05) is 55.1 Å². The van der Waals surface area contributed by atoms with E-state index in [0.29, 0.717) is 68.5 Å². The fourth-order valence-corrected chi connectivity index (χ4v) is 6.44. The standard InChI is InChI=1S/C29H41ClN6O3/c1-2-6-26(37)29(22-7-4-3-5-8-22)14-17-36(18-15-29)27(38)25(19-21-9-11-23(30)12-10-21)33-28(39)31-16-13-24-20-32-35-34-24/h9-12,20,22,25H,2-8,13-19H2,1H3,(H2,31,33,39)(H,32,34,35)/t25-/m1/s1. The van der Waals surface area contributed by atoms with Gasteiger partial charge in [-0.2, -0.15) is 0 Å². The summed E-state index contributed by atoms with van der Waals surface area (Å²) >= 11 is 6.06. The highest BCUT2D eigenvalue weighted by molar-refractivity contribution is 6.30. The lowest BCUT2D eigenvalue weighted by molar-refractivity contribution is -0.144. The van der Waals surface area contributed by atoms with Gasteiger partial charge in [0.2, 0.25) is 5.91 Å². The number of carbonyl (C=O) groups is 3. The van der Waals surface area contributed by atoms with Crippen LogP contribution in [0.25, 0.3) is 0 Å². The zero-order valence-electron chi connectivity index (χ0n) is 22.9. The van der Waals surface area contributed by atoms with Crippen LogP contribution in [0, 0.1) is 11.3 Å². The lowest BCUT2D eigenvalue weighted by Crippen LogP contribution is -2.56. The fourth-order valence-electron chi connectivity index (χ4n) is 6.31. The van der Waals surface area contributed by atoms with Crippen molar-refractivity contribution < 1.29 is 14.4 Å². The number of hydrogen-bond acceptors (Lipinski definition) is 5. The van der Waals surface area contributed by atoms with Crippen molar-refractivity contribution >= 4 is 29.3 Å². The molecule has 1 aromatic carbocycles. The molecular formula is C29H41ClN6O3. The molecule has 10 heteroatoms. The smallest absolute Gasteiger partial charge is 0.315 e. The molecule has 2 aromatic rings. The van der Waals surface area contributed by atoms with E-state index in [9.17, 15) is 14.4 Å². The Hall–Kier alpha value is -2.94. The molecule has 1 aliphatic carbocycles. The highest BCUT2D eigenvalue weighted by atomic mass is 35.5. The number of nitrogens with zero attached hydrogens (tertiary/aromatic N) is 3. The number of benzene rings is 1. The third kappa shape index (κ3) is 7.59. The molecule has 2 fully saturated rings. The van der Waals surface area contributed by atoms with Gasteiger partial charge in [-0.15, -0.1) is 5.10 Å². The summed E-state index contributed by atoms with van der Waals surface area (Å²) in [5.41, 5.74) is 1.34. The summed E-state index contributed by atoms with van der Waals surface area (Å²) in [4.78, 5) is 41.9. The Morgan fingerprint density at radius 2 is 1.85 bits per heavy atom. The Morgan fingerprint density at radius 3 is 2.49 bits per heavy atom. The van der Waals surface area contributed by atoms with Crippen LogP contribution in [0.3, 0.4) is 0 Å². The SMILES string of the molecule is CCCC(=O)C1(C2CCCCC2)CCN(C(=O)[C@@H](Cc2ccc(Cl)cc2)NC(=O)NCCc2c[nH]nn2)CC1. The monoisotopic (exact) mass is 556 g/mol. The molecule has 212 valence electrons. The normalized spacial score (nSPS) is 18.4. The summed E-state index contributed by atoms with van der Waals surface area (Å²) < 4.78 is 0. The number of rotatable bonds is 11. The van der Waals surface area contributed by atoms with Crippen LogP contribution < -0.4 is 10.6 Å². The number of urea groups is 1. The first-order chi connectivity index (χ1) is 18.9. The minimum Gasteiger partial charge on any atom is -0.341 e. The van der Waals surface area contributed by atoms with Crippen LogP contribution in [0.2, 0.25) is 5.02 Å². The van der Waals surface area contributed by atoms with Crippen molar-refractivity contribution in [2.75, 3.05) is 19.6 Å². The minimum absolute atomic E-state index is 0.114. The van der Waals surface area contributed by atoms with Gasteiger partial charge in [0.25, 0.3) is 0 Å². The molecule has 9 nitrogen and oxygen atoms in total. The van der Waals surface area contributed by atoms with Crippen LogP contribution in [0.1, 0.15) is 76.0 Å². The third-order valence-corrected chi connectivity index (χ3v) is 8.73. The van der Waals surface area contributed by atoms with Gasteiger partial charge in [0.1, 0.15) is 11.8 Å². The second kappa shape index (κ2) is 13.9. The molecule has 2 aliphatic rings. The number of aromatic amines is 1. The summed E-state index contributed by atoms with van der Waals surface area (Å²) in [7, 11) is 0. The van der Waals surface area contributed by atoms with Gasteiger partial charge in [-0.25, -0.2) is 4.79 Å². The van der Waals surface area contributed by atoms with E-state index < -0.39 is 12.1 Å². The Balaban J connectivity index is 1.42. The van der Waals surface area contributed by atoms with E-state index in [4.69, 9.17) is 11.6 Å². The minimum atomic E-state index is -0.730. The summed E-state index contributed by atoms with van der Waals surface area (Å²) in [6, 6.07) is 6.19. The molecule has 4 rings (SSSR count). The summed E-state index contributed by atoms with van der Waals surface area (Å²) in [6.07, 6.45) is 11.3. The van der Waals surface area contributed by atoms with Crippen molar-refractivity contribution in [3.8, 4) is 0 Å². The van der Waals surface area contributed by atoms with Crippen LogP contribution in [0.4, 0.5) is 4.79 Å². The van der Waals surface area contributed by atoms with E-state index in [1.165, 1.54) is 19.3 Å². The first kappa shape index (κ1) is 29.1. The lowest BCUT2D eigenvalue weighted by atomic mass is 9.61. The largest absolute Gasteiger partial charge is 0.341 e. The first-order valence-electron chi connectivity index (χ1n) is 14.4. The second-order valence-corrected chi connectivity index (χ2v) is 11.4. The van der Waals surface area contributed by atoms with Crippen molar-refractivity contribution in [2.45, 2.75) is 83.6 Å². The molecule has 0 unspecified atom stereocenters. The summed E-state index contributed by atoms with van der Waals surface area (Å²) in [5, 5.41) is 16.6. The number of carbonyl (C=O) groups excluding carboxylic acids is 3. The van der Waals surface area contributed by atoms with Gasteiger partial charge in [-0.3, -0.25) is 14.7 Å². The van der Waals surface area contributed by atoms with Crippen LogP contribution in [-0.4, -0.2) is 63.7 Å². The Labute approximate surface area is 235 Å². The number of likely N-dealkylation sites (tertiary alicyclic amines) is 1. The molecule has 0 spiro atoms. The number of nitrogens with one attached hydrogen (secondary N) is 3. The molecule has 3 N–H and O–H groups in total. The number of hydrogen-bond donors (Lipinski definition) is 3. The number of H-pyrrole nitrogens is 1. The average molecular weight is 557 g/mol. The van der Waals surface area contributed by atoms with Crippen molar-refractivity contribution in [1.82, 2.24) is 30.9 Å². The predicted molar refractivity (Wildman–Crippen MR) is 150 cm³/mol. The molecule has 1 saturated carbocycles. The van der Waals surface area contributed by atoms with Gasteiger partial charge in [0.05, 0.1) is 5.69 Å². The van der Waals surface area contributed by atoms with Crippen molar-refractivity contribution in [3.05, 3.63) is 46.7 Å². The number of Topliss-reactive ketones (excluding diaryl/α,β-unsaturated/α-hetero) is 1. The first-order valence-corrected chi connectivity index (χ1v) is 14.8. The molecule has 3 amide bonds. The van der Waals surface area contributed by atoms with Crippen LogP contribution >= 0.6 is 11.6 Å². The van der Waals surface area contributed by atoms with Crippen molar-refractivity contribution in [2.24, 2.45) is 11.3 Å². The van der Waals surface area contributed by atoms with Gasteiger partial charge in [0, 0.05) is 55.5 Å². The molecule has 1 atom stereocenters. The molecule has 2 heterocycles. The van der Waals surface area contributed by atoms with Gasteiger partial charge >= 0.3 is 6.03 Å². The fraction of sp³-hybridized carbons (Fsp3) is 0.621. The summed E-state index contributed by atoms with van der Waals surface area (Å²) in [5.74, 6) is 0.684. The van der Waals surface area contributed by atoms with Gasteiger partial charge in [0.15, 0.2) is 0 Å². The van der Waals surface area contributed by atoms with E-state index in [-0.39, 0.29) is 11.3 Å². The number of halogens is 1. The van der Waals surface area contributed by atoms with Crippen molar-refractivity contribution in [1.29, 1.82) is 0 Å². The molecule has 1 saturated heterocycles. The summed E-state index contributed by atoms with van der Waals surface area (Å²) in [6.45, 7) is 3.51. The second-order valence-electron chi connectivity index (χ2n) is 11.0. The molecular weight excluding hydrogens is 516 g/mol. The van der Waals surface area contributed by atoms with Gasteiger partial charge < -0.3 is 15.5 Å². The van der Waals surface area contributed by atoms with E-state index in [0.717, 1.165) is 30.5 Å². The lowest BCUT2D eigenvalue weighted by Gasteiger charge is -2.47. The molecule has 1 aliphatic heterocycles. The van der Waals surface area contributed by atoms with Crippen LogP contribution in [0.5, 0.6) is 0 Å².